The lowest BCUT2D eigenvalue weighted by Gasteiger charge is -2.33. The van der Waals surface area contributed by atoms with E-state index in [9.17, 15) is 0 Å². The van der Waals surface area contributed by atoms with Crippen LogP contribution < -0.4 is 0 Å². The van der Waals surface area contributed by atoms with Crippen LogP contribution in [0.25, 0.3) is 0 Å². The summed E-state index contributed by atoms with van der Waals surface area (Å²) in [4.78, 5) is 0. The van der Waals surface area contributed by atoms with Crippen molar-refractivity contribution >= 4 is 0 Å². The molecule has 0 radical (unpaired) electrons. The molecular weight excluding hydrogens is 164 g/mol. The van der Waals surface area contributed by atoms with Crippen LogP contribution in [0.3, 0.4) is 0 Å². The van der Waals surface area contributed by atoms with Crippen molar-refractivity contribution in [3.8, 4) is 0 Å². The molecule has 0 aliphatic rings. The van der Waals surface area contributed by atoms with E-state index < -0.39 is 0 Å². The maximum atomic E-state index is 5.19. The Kier molecular flexibility index (Phi) is 4.93. The Morgan fingerprint density at radius 1 is 0.769 bits per heavy atom. The Labute approximate surface area is 82.6 Å². The first-order valence-corrected chi connectivity index (χ1v) is 4.81. The zero-order valence-electron chi connectivity index (χ0n) is 9.94. The predicted molar refractivity (Wildman–Crippen MR) is 55.9 cm³/mol. The number of methoxy groups -OCH3 is 2. The summed E-state index contributed by atoms with van der Waals surface area (Å²) in [5.41, 5.74) is 0.466. The Morgan fingerprint density at radius 2 is 1.08 bits per heavy atom. The van der Waals surface area contributed by atoms with E-state index in [1.165, 1.54) is 0 Å². The highest BCUT2D eigenvalue weighted by Crippen LogP contribution is 2.33. The van der Waals surface area contributed by atoms with Crippen molar-refractivity contribution in [2.24, 2.45) is 10.8 Å². The summed E-state index contributed by atoms with van der Waals surface area (Å²) in [6, 6.07) is 0. The third-order valence-electron chi connectivity index (χ3n) is 2.03. The standard InChI is InChI=1S/C11H24O2/c1-10(2,8-12-5)7-11(3,4)9-13-6/h7-9H2,1-6H3. The number of ether oxygens (including phenoxy) is 2. The van der Waals surface area contributed by atoms with E-state index >= 15 is 0 Å². The molecule has 0 amide bonds. The van der Waals surface area contributed by atoms with Crippen LogP contribution in [-0.2, 0) is 9.47 Å². The van der Waals surface area contributed by atoms with Crippen molar-refractivity contribution < 1.29 is 9.47 Å². The van der Waals surface area contributed by atoms with Crippen LogP contribution in [0, 0.1) is 10.8 Å². The monoisotopic (exact) mass is 188 g/mol. The molecule has 13 heavy (non-hydrogen) atoms. The first-order valence-electron chi connectivity index (χ1n) is 4.81. The lowest BCUT2D eigenvalue weighted by atomic mass is 9.76. The van der Waals surface area contributed by atoms with Gasteiger partial charge >= 0.3 is 0 Å². The summed E-state index contributed by atoms with van der Waals surface area (Å²) in [5, 5.41) is 0. The molecule has 2 nitrogen and oxygen atoms in total. The highest BCUT2D eigenvalue weighted by Gasteiger charge is 2.28. The van der Waals surface area contributed by atoms with Gasteiger partial charge in [0.1, 0.15) is 0 Å². The molecule has 0 aliphatic carbocycles. The molecule has 0 aromatic carbocycles. The number of hydrogen-bond donors (Lipinski definition) is 0. The van der Waals surface area contributed by atoms with E-state index in [-0.39, 0.29) is 10.8 Å². The molecule has 0 aromatic heterocycles. The lowest BCUT2D eigenvalue weighted by Crippen LogP contribution is -2.29. The second-order valence-electron chi connectivity index (χ2n) is 5.37. The Morgan fingerprint density at radius 3 is 1.31 bits per heavy atom. The van der Waals surface area contributed by atoms with Gasteiger partial charge in [0, 0.05) is 14.2 Å². The summed E-state index contributed by atoms with van der Waals surface area (Å²) < 4.78 is 10.4. The number of hydrogen-bond acceptors (Lipinski definition) is 2. The first kappa shape index (κ1) is 12.9. The molecule has 0 heterocycles. The van der Waals surface area contributed by atoms with Crippen LogP contribution in [0.5, 0.6) is 0 Å². The molecule has 0 aliphatic heterocycles. The second kappa shape index (κ2) is 4.97. The molecule has 2 heteroatoms. The van der Waals surface area contributed by atoms with Crippen molar-refractivity contribution in [1.82, 2.24) is 0 Å². The molecule has 0 atom stereocenters. The maximum absolute atomic E-state index is 5.19. The summed E-state index contributed by atoms with van der Waals surface area (Å²) in [7, 11) is 3.51. The number of rotatable bonds is 6. The zero-order valence-corrected chi connectivity index (χ0v) is 9.94. The van der Waals surface area contributed by atoms with Gasteiger partial charge in [-0.1, -0.05) is 27.7 Å². The summed E-state index contributed by atoms with van der Waals surface area (Å²) in [5.74, 6) is 0. The fraction of sp³-hybridized carbons (Fsp3) is 1.00. The minimum absolute atomic E-state index is 0.233. The highest BCUT2D eigenvalue weighted by molar-refractivity contribution is 4.78. The molecule has 0 saturated carbocycles. The fourth-order valence-electron chi connectivity index (χ4n) is 2.18. The van der Waals surface area contributed by atoms with E-state index in [0.717, 1.165) is 19.6 Å². The van der Waals surface area contributed by atoms with Gasteiger partial charge in [0.25, 0.3) is 0 Å². The van der Waals surface area contributed by atoms with Crippen LogP contribution in [0.15, 0.2) is 0 Å². The van der Waals surface area contributed by atoms with Crippen LogP contribution in [0.1, 0.15) is 34.1 Å². The van der Waals surface area contributed by atoms with E-state index in [4.69, 9.17) is 9.47 Å². The second-order valence-corrected chi connectivity index (χ2v) is 5.37. The van der Waals surface area contributed by atoms with Crippen LogP contribution >= 0.6 is 0 Å². The van der Waals surface area contributed by atoms with Crippen LogP contribution in [0.2, 0.25) is 0 Å². The largest absolute Gasteiger partial charge is 0.384 e. The molecule has 0 N–H and O–H groups in total. The van der Waals surface area contributed by atoms with Crippen LogP contribution in [0.4, 0.5) is 0 Å². The minimum atomic E-state index is 0.233. The predicted octanol–water partition coefficient (Wildman–Crippen LogP) is 2.72. The normalized spacial score (nSPS) is 13.4. The summed E-state index contributed by atoms with van der Waals surface area (Å²) >= 11 is 0. The summed E-state index contributed by atoms with van der Waals surface area (Å²) in [6.07, 6.45) is 1.11. The molecule has 0 unspecified atom stereocenters. The Bertz CT molecular complexity index is 123. The molecule has 0 spiro atoms. The minimum Gasteiger partial charge on any atom is -0.384 e. The maximum Gasteiger partial charge on any atom is 0.0513 e. The quantitative estimate of drug-likeness (QED) is 0.638. The van der Waals surface area contributed by atoms with Gasteiger partial charge in [-0.05, 0) is 17.3 Å². The lowest BCUT2D eigenvalue weighted by molar-refractivity contribution is 0.0304. The van der Waals surface area contributed by atoms with Crippen molar-refractivity contribution in [1.29, 1.82) is 0 Å². The molecule has 0 aromatic rings. The van der Waals surface area contributed by atoms with Crippen molar-refractivity contribution in [3.63, 3.8) is 0 Å². The van der Waals surface area contributed by atoms with Gasteiger partial charge in [0.15, 0.2) is 0 Å². The zero-order chi connectivity index (χ0) is 10.5. The topological polar surface area (TPSA) is 18.5 Å². The molecule has 0 saturated heterocycles. The van der Waals surface area contributed by atoms with Gasteiger partial charge in [0.05, 0.1) is 13.2 Å². The van der Waals surface area contributed by atoms with Gasteiger partial charge in [0.2, 0.25) is 0 Å². The molecule has 0 fully saturated rings. The molecule has 0 rings (SSSR count). The Balaban J connectivity index is 4.07. The van der Waals surface area contributed by atoms with E-state index in [0.29, 0.717) is 0 Å². The SMILES string of the molecule is COCC(C)(C)CC(C)(C)COC. The fourth-order valence-corrected chi connectivity index (χ4v) is 2.18. The average Bonchev–Trinajstić information content (AvgIpc) is 1.82. The average molecular weight is 188 g/mol. The van der Waals surface area contributed by atoms with E-state index in [1.54, 1.807) is 14.2 Å². The van der Waals surface area contributed by atoms with Gasteiger partial charge in [-0.3, -0.25) is 0 Å². The van der Waals surface area contributed by atoms with Gasteiger partial charge in [-0.25, -0.2) is 0 Å². The molecule has 80 valence electrons. The smallest absolute Gasteiger partial charge is 0.0513 e. The molecule has 0 bridgehead atoms. The van der Waals surface area contributed by atoms with Gasteiger partial charge < -0.3 is 9.47 Å². The van der Waals surface area contributed by atoms with Crippen LogP contribution in [-0.4, -0.2) is 27.4 Å². The van der Waals surface area contributed by atoms with Crippen molar-refractivity contribution in [3.05, 3.63) is 0 Å². The van der Waals surface area contributed by atoms with Crippen molar-refractivity contribution in [2.75, 3.05) is 27.4 Å². The van der Waals surface area contributed by atoms with E-state index in [2.05, 4.69) is 27.7 Å². The summed E-state index contributed by atoms with van der Waals surface area (Å²) in [6.45, 7) is 10.5. The Hall–Kier alpha value is -0.0800. The molecular formula is C11H24O2. The highest BCUT2D eigenvalue weighted by atomic mass is 16.5. The third-order valence-corrected chi connectivity index (χ3v) is 2.03. The van der Waals surface area contributed by atoms with E-state index in [1.807, 2.05) is 0 Å². The van der Waals surface area contributed by atoms with Gasteiger partial charge in [-0.2, -0.15) is 0 Å². The van der Waals surface area contributed by atoms with Crippen molar-refractivity contribution in [2.45, 2.75) is 34.1 Å². The first-order chi connectivity index (χ1) is 5.83. The third kappa shape index (κ3) is 6.05. The van der Waals surface area contributed by atoms with Gasteiger partial charge in [-0.15, -0.1) is 0 Å².